The Morgan fingerprint density at radius 3 is 2.81 bits per heavy atom. The fraction of sp³-hybridized carbons (Fsp3) is 0.222. The first-order chi connectivity index (χ1) is 10.4. The van der Waals surface area contributed by atoms with Gasteiger partial charge in [-0.05, 0) is 42.5 Å². The van der Waals surface area contributed by atoms with Crippen molar-refractivity contribution in [3.8, 4) is 0 Å². The first kappa shape index (κ1) is 12.3. The van der Waals surface area contributed by atoms with Crippen LogP contribution in [-0.4, -0.2) is 9.97 Å². The van der Waals surface area contributed by atoms with Gasteiger partial charge in [-0.1, -0.05) is 36.4 Å². The molecule has 3 aromatic rings. The van der Waals surface area contributed by atoms with Crippen molar-refractivity contribution >= 4 is 16.7 Å². The number of nitrogens with zero attached hydrogens (tertiary/aromatic N) is 2. The Hall–Kier alpha value is -2.42. The van der Waals surface area contributed by atoms with E-state index in [1.54, 1.807) is 6.33 Å². The lowest BCUT2D eigenvalue weighted by atomic mass is 9.88. The Morgan fingerprint density at radius 1 is 0.952 bits per heavy atom. The van der Waals surface area contributed by atoms with E-state index in [0.29, 0.717) is 6.04 Å². The van der Waals surface area contributed by atoms with Crippen molar-refractivity contribution in [2.75, 3.05) is 5.32 Å². The lowest BCUT2D eigenvalue weighted by Crippen LogP contribution is -2.18. The average Bonchev–Trinajstić information content (AvgIpc) is 2.56. The summed E-state index contributed by atoms with van der Waals surface area (Å²) in [6, 6.07) is 17.2. The molecule has 0 aliphatic heterocycles. The fourth-order valence-electron chi connectivity index (χ4n) is 3.19. The van der Waals surface area contributed by atoms with E-state index in [1.807, 2.05) is 18.2 Å². The lowest BCUT2D eigenvalue weighted by molar-refractivity contribution is 0.599. The summed E-state index contributed by atoms with van der Waals surface area (Å²) in [6.45, 7) is 0. The van der Waals surface area contributed by atoms with Crippen LogP contribution in [0.2, 0.25) is 0 Å². The maximum Gasteiger partial charge on any atom is 0.137 e. The SMILES string of the molecule is c1ccc2c(c1)CCCC2Nc1ncnc2ccccc12. The molecule has 1 unspecified atom stereocenters. The molecule has 1 N–H and O–H groups in total. The second kappa shape index (κ2) is 5.17. The van der Waals surface area contributed by atoms with Crippen LogP contribution in [0.4, 0.5) is 5.82 Å². The molecule has 3 heteroatoms. The van der Waals surface area contributed by atoms with Crippen molar-refractivity contribution < 1.29 is 0 Å². The number of aryl methyl sites for hydroxylation is 1. The first-order valence-corrected chi connectivity index (χ1v) is 7.46. The Kier molecular flexibility index (Phi) is 3.03. The number of para-hydroxylation sites is 1. The fourth-order valence-corrected chi connectivity index (χ4v) is 3.19. The van der Waals surface area contributed by atoms with Crippen LogP contribution in [0.1, 0.15) is 30.0 Å². The highest BCUT2D eigenvalue weighted by atomic mass is 15.0. The molecule has 3 nitrogen and oxygen atoms in total. The van der Waals surface area contributed by atoms with E-state index in [1.165, 1.54) is 24.0 Å². The lowest BCUT2D eigenvalue weighted by Gasteiger charge is -2.27. The molecular formula is C18H17N3. The third kappa shape index (κ3) is 2.25. The van der Waals surface area contributed by atoms with E-state index in [2.05, 4.69) is 45.6 Å². The summed E-state index contributed by atoms with van der Waals surface area (Å²) < 4.78 is 0. The highest BCUT2D eigenvalue weighted by Crippen LogP contribution is 2.33. The van der Waals surface area contributed by atoms with Gasteiger partial charge in [0.25, 0.3) is 0 Å². The van der Waals surface area contributed by atoms with Crippen molar-refractivity contribution in [2.45, 2.75) is 25.3 Å². The third-order valence-electron chi connectivity index (χ3n) is 4.22. The zero-order valence-electron chi connectivity index (χ0n) is 11.8. The number of nitrogens with one attached hydrogen (secondary N) is 1. The number of aromatic nitrogens is 2. The molecule has 0 fully saturated rings. The van der Waals surface area contributed by atoms with Crippen molar-refractivity contribution in [1.82, 2.24) is 9.97 Å². The smallest absolute Gasteiger partial charge is 0.137 e. The molecule has 21 heavy (non-hydrogen) atoms. The molecule has 1 aliphatic rings. The van der Waals surface area contributed by atoms with Crippen LogP contribution in [0.25, 0.3) is 10.9 Å². The Morgan fingerprint density at radius 2 is 1.81 bits per heavy atom. The molecule has 1 heterocycles. The van der Waals surface area contributed by atoms with Gasteiger partial charge in [-0.15, -0.1) is 0 Å². The highest BCUT2D eigenvalue weighted by Gasteiger charge is 2.20. The molecule has 0 radical (unpaired) electrons. The molecule has 4 rings (SSSR count). The van der Waals surface area contributed by atoms with Crippen LogP contribution in [-0.2, 0) is 6.42 Å². The normalized spacial score (nSPS) is 17.4. The van der Waals surface area contributed by atoms with E-state index < -0.39 is 0 Å². The van der Waals surface area contributed by atoms with Gasteiger partial charge in [0, 0.05) is 5.39 Å². The Balaban J connectivity index is 1.73. The van der Waals surface area contributed by atoms with Crippen molar-refractivity contribution in [2.24, 2.45) is 0 Å². The van der Waals surface area contributed by atoms with Crippen LogP contribution in [0.3, 0.4) is 0 Å². The maximum absolute atomic E-state index is 4.45. The number of hydrogen-bond donors (Lipinski definition) is 1. The predicted octanol–water partition coefficient (Wildman–Crippen LogP) is 4.12. The molecule has 0 bridgehead atoms. The van der Waals surface area contributed by atoms with Gasteiger partial charge < -0.3 is 5.32 Å². The summed E-state index contributed by atoms with van der Waals surface area (Å²) in [4.78, 5) is 8.78. The monoisotopic (exact) mass is 275 g/mol. The number of rotatable bonds is 2. The van der Waals surface area contributed by atoms with E-state index in [9.17, 15) is 0 Å². The largest absolute Gasteiger partial charge is 0.363 e. The molecular weight excluding hydrogens is 258 g/mol. The quantitative estimate of drug-likeness (QED) is 0.764. The van der Waals surface area contributed by atoms with Crippen LogP contribution < -0.4 is 5.32 Å². The molecule has 104 valence electrons. The molecule has 1 aliphatic carbocycles. The van der Waals surface area contributed by atoms with Gasteiger partial charge in [0.2, 0.25) is 0 Å². The number of hydrogen-bond acceptors (Lipinski definition) is 3. The second-order valence-corrected chi connectivity index (χ2v) is 5.53. The van der Waals surface area contributed by atoms with E-state index in [0.717, 1.165) is 23.1 Å². The van der Waals surface area contributed by atoms with Gasteiger partial charge in [0.15, 0.2) is 0 Å². The second-order valence-electron chi connectivity index (χ2n) is 5.53. The maximum atomic E-state index is 4.45. The Bertz CT molecular complexity index is 777. The van der Waals surface area contributed by atoms with Crippen molar-refractivity contribution in [3.63, 3.8) is 0 Å². The third-order valence-corrected chi connectivity index (χ3v) is 4.22. The van der Waals surface area contributed by atoms with Crippen LogP contribution in [0.15, 0.2) is 54.9 Å². The predicted molar refractivity (Wildman–Crippen MR) is 85.3 cm³/mol. The summed E-state index contributed by atoms with van der Waals surface area (Å²) in [7, 11) is 0. The van der Waals surface area contributed by atoms with Gasteiger partial charge in [-0.2, -0.15) is 0 Å². The van der Waals surface area contributed by atoms with Crippen molar-refractivity contribution in [3.05, 3.63) is 66.0 Å². The molecule has 0 saturated heterocycles. The summed E-state index contributed by atoms with van der Waals surface area (Å²) in [5.41, 5.74) is 3.85. The minimum absolute atomic E-state index is 0.341. The van der Waals surface area contributed by atoms with Gasteiger partial charge in [0.1, 0.15) is 12.1 Å². The highest BCUT2D eigenvalue weighted by molar-refractivity contribution is 5.88. The zero-order chi connectivity index (χ0) is 14.1. The first-order valence-electron chi connectivity index (χ1n) is 7.46. The summed E-state index contributed by atoms with van der Waals surface area (Å²) >= 11 is 0. The number of benzene rings is 2. The van der Waals surface area contributed by atoms with Gasteiger partial charge in [-0.3, -0.25) is 0 Å². The standard InChI is InChI=1S/C18H17N3/c1-2-8-14-13(6-1)7-5-11-17(14)21-18-15-9-3-4-10-16(15)19-12-20-18/h1-4,6,8-10,12,17H,5,7,11H2,(H,19,20,21). The van der Waals surface area contributed by atoms with Gasteiger partial charge in [-0.25, -0.2) is 9.97 Å². The number of fused-ring (bicyclic) bond motifs is 2. The molecule has 1 atom stereocenters. The van der Waals surface area contributed by atoms with Crippen molar-refractivity contribution in [1.29, 1.82) is 0 Å². The molecule has 1 aromatic heterocycles. The van der Waals surface area contributed by atoms with E-state index in [-0.39, 0.29) is 0 Å². The van der Waals surface area contributed by atoms with E-state index in [4.69, 9.17) is 0 Å². The average molecular weight is 275 g/mol. The number of anilines is 1. The molecule has 0 spiro atoms. The summed E-state index contributed by atoms with van der Waals surface area (Å²) in [5.74, 6) is 0.933. The minimum Gasteiger partial charge on any atom is -0.363 e. The van der Waals surface area contributed by atoms with Crippen LogP contribution in [0.5, 0.6) is 0 Å². The Labute approximate surface area is 124 Å². The van der Waals surface area contributed by atoms with Crippen LogP contribution in [0, 0.1) is 0 Å². The van der Waals surface area contributed by atoms with Crippen LogP contribution >= 0.6 is 0 Å². The summed E-state index contributed by atoms with van der Waals surface area (Å²) in [6.07, 6.45) is 5.19. The topological polar surface area (TPSA) is 37.8 Å². The zero-order valence-corrected chi connectivity index (χ0v) is 11.8. The van der Waals surface area contributed by atoms with Gasteiger partial charge in [0.05, 0.1) is 11.6 Å². The molecule has 0 saturated carbocycles. The van der Waals surface area contributed by atoms with Gasteiger partial charge >= 0.3 is 0 Å². The minimum atomic E-state index is 0.341. The van der Waals surface area contributed by atoms with E-state index >= 15 is 0 Å². The molecule has 2 aromatic carbocycles. The molecule has 0 amide bonds. The summed E-state index contributed by atoms with van der Waals surface area (Å²) in [5, 5.41) is 4.72.